The summed E-state index contributed by atoms with van der Waals surface area (Å²) >= 11 is 5.87. The first-order valence-corrected chi connectivity index (χ1v) is 6.11. The predicted octanol–water partition coefficient (Wildman–Crippen LogP) is 3.59. The largest absolute Gasteiger partial charge is 0.422 e. The van der Waals surface area contributed by atoms with Crippen molar-refractivity contribution in [2.24, 2.45) is 0 Å². The van der Waals surface area contributed by atoms with Crippen molar-refractivity contribution in [2.75, 3.05) is 5.73 Å². The molecule has 0 fully saturated rings. The van der Waals surface area contributed by atoms with Crippen LogP contribution in [0.4, 0.5) is 5.69 Å². The van der Waals surface area contributed by atoms with Crippen LogP contribution in [0.3, 0.4) is 0 Å². The lowest BCUT2D eigenvalue weighted by Gasteiger charge is -2.01. The maximum atomic E-state index is 11.7. The number of fused-ring (bicyclic) bond motifs is 1. The van der Waals surface area contributed by atoms with Crippen molar-refractivity contribution in [3.63, 3.8) is 0 Å². The Kier molecular flexibility index (Phi) is 2.76. The molecule has 1 heterocycles. The fourth-order valence-electron chi connectivity index (χ4n) is 2.00. The highest BCUT2D eigenvalue weighted by molar-refractivity contribution is 6.33. The van der Waals surface area contributed by atoms with Crippen LogP contribution in [0.25, 0.3) is 11.8 Å². The van der Waals surface area contributed by atoms with Crippen LogP contribution in [-0.2, 0) is 4.74 Å². The number of cyclic esters (lactones) is 1. The van der Waals surface area contributed by atoms with Crippen molar-refractivity contribution < 1.29 is 9.53 Å². The number of ether oxygens (including phenoxy) is 1. The third-order valence-corrected chi connectivity index (χ3v) is 3.28. The number of rotatable bonds is 1. The topological polar surface area (TPSA) is 52.3 Å². The van der Waals surface area contributed by atoms with E-state index >= 15 is 0 Å². The number of nitrogen functional groups attached to an aromatic ring is 1. The zero-order valence-corrected chi connectivity index (χ0v) is 10.6. The van der Waals surface area contributed by atoms with Gasteiger partial charge in [0.25, 0.3) is 0 Å². The number of anilines is 1. The van der Waals surface area contributed by atoms with E-state index in [-0.39, 0.29) is 5.97 Å². The minimum Gasteiger partial charge on any atom is -0.422 e. The summed E-state index contributed by atoms with van der Waals surface area (Å²) < 4.78 is 5.25. The van der Waals surface area contributed by atoms with Gasteiger partial charge in [-0.15, -0.1) is 0 Å². The Balaban J connectivity index is 2.06. The molecule has 0 saturated heterocycles. The van der Waals surface area contributed by atoms with Crippen LogP contribution < -0.4 is 5.73 Å². The first-order chi connectivity index (χ1) is 9.15. The van der Waals surface area contributed by atoms with Gasteiger partial charge in [-0.25, -0.2) is 4.79 Å². The van der Waals surface area contributed by atoms with Crippen molar-refractivity contribution in [1.29, 1.82) is 0 Å². The molecule has 0 unspecified atom stereocenters. The minimum absolute atomic E-state index is 0.330. The molecule has 0 atom stereocenters. The van der Waals surface area contributed by atoms with Crippen LogP contribution in [-0.4, -0.2) is 5.97 Å². The lowest BCUT2D eigenvalue weighted by Crippen LogP contribution is -1.92. The molecule has 1 aliphatic rings. The van der Waals surface area contributed by atoms with Crippen LogP contribution in [0, 0.1) is 0 Å². The minimum atomic E-state index is -0.330. The van der Waals surface area contributed by atoms with Crippen molar-refractivity contribution in [3.05, 3.63) is 64.2 Å². The van der Waals surface area contributed by atoms with Crippen molar-refractivity contribution >= 4 is 35.1 Å². The summed E-state index contributed by atoms with van der Waals surface area (Å²) in [6, 6.07) is 12.5. The normalized spacial score (nSPS) is 15.4. The number of esters is 1. The quantitative estimate of drug-likeness (QED) is 0.637. The molecule has 3 rings (SSSR count). The highest BCUT2D eigenvalue weighted by Crippen LogP contribution is 2.31. The summed E-state index contributed by atoms with van der Waals surface area (Å²) in [6.07, 6.45) is 1.77. The zero-order chi connectivity index (χ0) is 13.4. The molecule has 0 aromatic heterocycles. The molecule has 94 valence electrons. The number of benzene rings is 2. The summed E-state index contributed by atoms with van der Waals surface area (Å²) in [5.41, 5.74) is 8.45. The van der Waals surface area contributed by atoms with Gasteiger partial charge in [0.1, 0.15) is 5.76 Å². The van der Waals surface area contributed by atoms with E-state index in [1.807, 2.05) is 24.3 Å². The molecule has 0 radical (unpaired) electrons. The van der Waals surface area contributed by atoms with Gasteiger partial charge >= 0.3 is 5.97 Å². The molecule has 0 bridgehead atoms. The Morgan fingerprint density at radius 2 is 1.84 bits per heavy atom. The van der Waals surface area contributed by atoms with Crippen LogP contribution in [0.15, 0.2) is 42.5 Å². The average molecular weight is 272 g/mol. The Labute approximate surface area is 115 Å². The molecule has 4 heteroatoms. The lowest BCUT2D eigenvalue weighted by atomic mass is 10.1. The summed E-state index contributed by atoms with van der Waals surface area (Å²) in [5.74, 6) is 0.200. The number of carbonyl (C=O) groups excluding carboxylic acids is 1. The molecule has 3 nitrogen and oxygen atoms in total. The lowest BCUT2D eigenvalue weighted by molar-refractivity contribution is 0.0717. The summed E-state index contributed by atoms with van der Waals surface area (Å²) in [4.78, 5) is 11.7. The Bertz CT molecular complexity index is 707. The van der Waals surface area contributed by atoms with Gasteiger partial charge in [0, 0.05) is 5.56 Å². The highest BCUT2D eigenvalue weighted by atomic mass is 35.5. The number of nitrogens with two attached hydrogens (primary N) is 1. The van der Waals surface area contributed by atoms with Crippen LogP contribution in [0.1, 0.15) is 21.5 Å². The van der Waals surface area contributed by atoms with Crippen molar-refractivity contribution in [3.8, 4) is 0 Å². The van der Waals surface area contributed by atoms with Crippen LogP contribution >= 0.6 is 11.6 Å². The molecule has 0 spiro atoms. The third kappa shape index (κ3) is 2.09. The Morgan fingerprint density at radius 1 is 1.11 bits per heavy atom. The van der Waals surface area contributed by atoms with Crippen molar-refractivity contribution in [2.45, 2.75) is 0 Å². The second-order valence-electron chi connectivity index (χ2n) is 4.22. The van der Waals surface area contributed by atoms with E-state index in [4.69, 9.17) is 22.1 Å². The molecular formula is C15H10ClNO2. The van der Waals surface area contributed by atoms with Crippen molar-refractivity contribution in [1.82, 2.24) is 0 Å². The smallest absolute Gasteiger partial charge is 0.344 e. The fraction of sp³-hybridized carbons (Fsp3) is 0. The van der Waals surface area contributed by atoms with E-state index < -0.39 is 0 Å². The molecule has 0 saturated carbocycles. The second-order valence-corrected chi connectivity index (χ2v) is 4.63. The molecule has 19 heavy (non-hydrogen) atoms. The maximum Gasteiger partial charge on any atom is 0.344 e. The van der Waals surface area contributed by atoms with Gasteiger partial charge in [-0.2, -0.15) is 0 Å². The average Bonchev–Trinajstić information content (AvgIpc) is 2.72. The summed E-state index contributed by atoms with van der Waals surface area (Å²) in [6.45, 7) is 0. The number of hydrogen-bond donors (Lipinski definition) is 1. The van der Waals surface area contributed by atoms with Gasteiger partial charge in [-0.3, -0.25) is 0 Å². The third-order valence-electron chi connectivity index (χ3n) is 2.93. The van der Waals surface area contributed by atoms with E-state index in [1.165, 1.54) is 0 Å². The number of carbonyl (C=O) groups is 1. The van der Waals surface area contributed by atoms with Gasteiger partial charge < -0.3 is 10.5 Å². The van der Waals surface area contributed by atoms with E-state index in [9.17, 15) is 4.79 Å². The van der Waals surface area contributed by atoms with Crippen LogP contribution in [0.2, 0.25) is 5.02 Å². The van der Waals surface area contributed by atoms with Gasteiger partial charge in [0.2, 0.25) is 0 Å². The first kappa shape index (κ1) is 11.8. The van der Waals surface area contributed by atoms with Crippen LogP contribution in [0.5, 0.6) is 0 Å². The Morgan fingerprint density at radius 3 is 2.58 bits per heavy atom. The van der Waals surface area contributed by atoms with E-state index in [2.05, 4.69) is 0 Å². The molecule has 1 aliphatic heterocycles. The molecule has 2 aromatic carbocycles. The molecular weight excluding hydrogens is 262 g/mol. The maximum absolute atomic E-state index is 11.7. The van der Waals surface area contributed by atoms with E-state index in [1.54, 1.807) is 24.3 Å². The summed E-state index contributed by atoms with van der Waals surface area (Å²) in [5, 5.41) is 0.506. The van der Waals surface area contributed by atoms with Gasteiger partial charge in [0.05, 0.1) is 16.3 Å². The van der Waals surface area contributed by atoms with E-state index in [0.29, 0.717) is 22.0 Å². The molecule has 0 aliphatic carbocycles. The van der Waals surface area contributed by atoms with Gasteiger partial charge in [-0.05, 0) is 29.8 Å². The number of hydrogen-bond acceptors (Lipinski definition) is 3. The van der Waals surface area contributed by atoms with Gasteiger partial charge in [0.15, 0.2) is 0 Å². The zero-order valence-electron chi connectivity index (χ0n) is 9.89. The molecule has 2 aromatic rings. The number of halogens is 1. The SMILES string of the molecule is Nc1cc(/C=C2\OC(=O)c3ccccc32)ccc1Cl. The monoisotopic (exact) mass is 271 g/mol. The second kappa shape index (κ2) is 4.44. The molecule has 2 N–H and O–H groups in total. The Hall–Kier alpha value is -2.26. The predicted molar refractivity (Wildman–Crippen MR) is 75.6 cm³/mol. The first-order valence-electron chi connectivity index (χ1n) is 5.73. The van der Waals surface area contributed by atoms with E-state index in [0.717, 1.165) is 11.1 Å². The molecule has 0 amide bonds. The highest BCUT2D eigenvalue weighted by Gasteiger charge is 2.25. The fourth-order valence-corrected chi connectivity index (χ4v) is 2.11. The summed E-state index contributed by atoms with van der Waals surface area (Å²) in [7, 11) is 0. The standard InChI is InChI=1S/C15H10ClNO2/c16-12-6-5-9(7-13(12)17)8-14-10-3-1-2-4-11(10)15(18)19-14/h1-8H,17H2/b14-8-. The van der Waals surface area contributed by atoms with Gasteiger partial charge in [-0.1, -0.05) is 35.9 Å².